The van der Waals surface area contributed by atoms with Crippen molar-refractivity contribution in [3.8, 4) is 11.5 Å². The van der Waals surface area contributed by atoms with Crippen LogP contribution in [-0.4, -0.2) is 41.8 Å². The van der Waals surface area contributed by atoms with Gasteiger partial charge < -0.3 is 14.2 Å². The van der Waals surface area contributed by atoms with Gasteiger partial charge in [-0.1, -0.05) is 28.1 Å². The minimum Gasteiger partial charge on any atom is -0.490 e. The number of ether oxygens (including phenoxy) is 3. The number of hydrogen-bond donors (Lipinski definition) is 0. The minimum absolute atomic E-state index is 0.166. The highest BCUT2D eigenvalue weighted by molar-refractivity contribution is 9.10. The molecular formula is C23H21BrFNO6S. The summed E-state index contributed by atoms with van der Waals surface area (Å²) in [6.45, 7) is 3.84. The predicted molar refractivity (Wildman–Crippen MR) is 125 cm³/mol. The molecule has 1 fully saturated rings. The Morgan fingerprint density at radius 1 is 1.18 bits per heavy atom. The number of amides is 2. The van der Waals surface area contributed by atoms with Gasteiger partial charge in [0, 0.05) is 4.47 Å². The Kier molecular flexibility index (Phi) is 8.15. The first-order valence-electron chi connectivity index (χ1n) is 9.93. The summed E-state index contributed by atoms with van der Waals surface area (Å²) in [6, 6.07) is 8.32. The minimum atomic E-state index is -1.03. The second-order valence-corrected chi connectivity index (χ2v) is 8.77. The SMILES string of the molecule is CCOc1cc(/C=C2/SC(=O)N([C@H](C)C(=O)OC)C2=O)c(Br)cc1OCc1ccc(F)cc1. The van der Waals surface area contributed by atoms with Gasteiger partial charge >= 0.3 is 5.97 Å². The molecule has 1 aliphatic rings. The van der Waals surface area contributed by atoms with E-state index in [0.717, 1.165) is 22.2 Å². The molecular weight excluding hydrogens is 517 g/mol. The van der Waals surface area contributed by atoms with Crippen LogP contribution in [0, 0.1) is 5.82 Å². The van der Waals surface area contributed by atoms with Gasteiger partial charge in [-0.25, -0.2) is 9.18 Å². The fraction of sp³-hybridized carbons (Fsp3) is 0.261. The Morgan fingerprint density at radius 3 is 2.48 bits per heavy atom. The molecule has 33 heavy (non-hydrogen) atoms. The van der Waals surface area contributed by atoms with Crippen LogP contribution in [0.2, 0.25) is 0 Å². The third-order valence-electron chi connectivity index (χ3n) is 4.71. The molecule has 0 radical (unpaired) electrons. The van der Waals surface area contributed by atoms with Crippen molar-refractivity contribution in [1.82, 2.24) is 4.90 Å². The van der Waals surface area contributed by atoms with Crippen LogP contribution in [0.1, 0.15) is 25.0 Å². The van der Waals surface area contributed by atoms with E-state index in [1.807, 2.05) is 6.92 Å². The van der Waals surface area contributed by atoms with Crippen molar-refractivity contribution >= 4 is 50.9 Å². The number of hydrogen-bond acceptors (Lipinski definition) is 7. The van der Waals surface area contributed by atoms with Crippen molar-refractivity contribution in [1.29, 1.82) is 0 Å². The molecule has 174 valence electrons. The molecule has 1 aliphatic heterocycles. The van der Waals surface area contributed by atoms with Gasteiger partial charge in [0.1, 0.15) is 18.5 Å². The highest BCUT2D eigenvalue weighted by atomic mass is 79.9. The number of imide groups is 1. The molecule has 1 saturated heterocycles. The maximum Gasteiger partial charge on any atom is 0.328 e. The van der Waals surface area contributed by atoms with E-state index in [0.29, 0.717) is 28.1 Å². The Bertz CT molecular complexity index is 1100. The molecule has 1 atom stereocenters. The van der Waals surface area contributed by atoms with Gasteiger partial charge in [-0.2, -0.15) is 0 Å². The lowest BCUT2D eigenvalue weighted by atomic mass is 10.1. The number of halogens is 2. The van der Waals surface area contributed by atoms with Crippen LogP contribution in [0.5, 0.6) is 11.5 Å². The van der Waals surface area contributed by atoms with Crippen molar-refractivity contribution in [2.75, 3.05) is 13.7 Å². The van der Waals surface area contributed by atoms with Gasteiger partial charge in [-0.15, -0.1) is 0 Å². The van der Waals surface area contributed by atoms with E-state index >= 15 is 0 Å². The number of thioether (sulfide) groups is 1. The molecule has 10 heteroatoms. The maximum absolute atomic E-state index is 13.1. The third-order valence-corrected chi connectivity index (χ3v) is 6.28. The summed E-state index contributed by atoms with van der Waals surface area (Å²) in [7, 11) is 1.19. The number of nitrogens with zero attached hydrogens (tertiary/aromatic N) is 1. The van der Waals surface area contributed by atoms with Crippen LogP contribution in [0.3, 0.4) is 0 Å². The van der Waals surface area contributed by atoms with E-state index in [9.17, 15) is 18.8 Å². The number of carbonyl (C=O) groups excluding carboxylic acids is 3. The van der Waals surface area contributed by atoms with E-state index in [4.69, 9.17) is 9.47 Å². The van der Waals surface area contributed by atoms with Gasteiger partial charge in [0.2, 0.25) is 0 Å². The fourth-order valence-electron chi connectivity index (χ4n) is 3.02. The monoisotopic (exact) mass is 537 g/mol. The Hall–Kier alpha value is -2.85. The lowest BCUT2D eigenvalue weighted by Crippen LogP contribution is -2.42. The molecule has 0 aromatic heterocycles. The van der Waals surface area contributed by atoms with Crippen LogP contribution in [0.4, 0.5) is 9.18 Å². The number of esters is 1. The van der Waals surface area contributed by atoms with Crippen molar-refractivity contribution in [2.24, 2.45) is 0 Å². The molecule has 0 N–H and O–H groups in total. The lowest BCUT2D eigenvalue weighted by Gasteiger charge is -2.18. The Balaban J connectivity index is 1.86. The summed E-state index contributed by atoms with van der Waals surface area (Å²) < 4.78 is 29.9. The quantitative estimate of drug-likeness (QED) is 0.339. The second-order valence-electron chi connectivity index (χ2n) is 6.92. The molecule has 2 amide bonds. The van der Waals surface area contributed by atoms with E-state index in [-0.39, 0.29) is 17.3 Å². The average molecular weight is 538 g/mol. The summed E-state index contributed by atoms with van der Waals surface area (Å²) in [5.41, 5.74) is 1.37. The topological polar surface area (TPSA) is 82.1 Å². The number of methoxy groups -OCH3 is 1. The van der Waals surface area contributed by atoms with E-state index in [1.54, 1.807) is 30.3 Å². The normalized spacial score (nSPS) is 15.7. The first kappa shape index (κ1) is 24.8. The van der Waals surface area contributed by atoms with Gasteiger partial charge in [0.25, 0.3) is 11.1 Å². The average Bonchev–Trinajstić information content (AvgIpc) is 3.07. The zero-order valence-corrected chi connectivity index (χ0v) is 20.5. The Morgan fingerprint density at radius 2 is 1.85 bits per heavy atom. The zero-order chi connectivity index (χ0) is 24.1. The standard InChI is InChI=1S/C23H21BrFNO6S/c1-4-31-18-9-15(10-20-21(27)26(23(29)33-20)13(2)22(28)30-3)17(24)11-19(18)32-12-14-5-7-16(25)8-6-14/h5-11,13H,4,12H2,1-3H3/b20-10+/t13-/m1/s1. The fourth-order valence-corrected chi connectivity index (χ4v) is 4.35. The molecule has 0 spiro atoms. The number of rotatable bonds is 8. The predicted octanol–water partition coefficient (Wildman–Crippen LogP) is 5.16. The second kappa shape index (κ2) is 10.8. The first-order valence-corrected chi connectivity index (χ1v) is 11.5. The number of carbonyl (C=O) groups is 3. The van der Waals surface area contributed by atoms with Crippen LogP contribution < -0.4 is 9.47 Å². The van der Waals surface area contributed by atoms with Crippen molar-refractivity contribution < 1.29 is 33.0 Å². The van der Waals surface area contributed by atoms with E-state index in [1.165, 1.54) is 26.2 Å². The van der Waals surface area contributed by atoms with Gasteiger partial charge in [-0.05, 0) is 67.1 Å². The largest absolute Gasteiger partial charge is 0.490 e. The van der Waals surface area contributed by atoms with Crippen LogP contribution in [0.25, 0.3) is 6.08 Å². The summed E-state index contributed by atoms with van der Waals surface area (Å²) in [4.78, 5) is 37.9. The summed E-state index contributed by atoms with van der Waals surface area (Å²) in [6.07, 6.45) is 1.55. The van der Waals surface area contributed by atoms with Crippen LogP contribution in [-0.2, 0) is 20.9 Å². The van der Waals surface area contributed by atoms with Gasteiger partial charge in [0.05, 0.1) is 18.6 Å². The molecule has 2 aromatic carbocycles. The third kappa shape index (κ3) is 5.75. The summed E-state index contributed by atoms with van der Waals surface area (Å²) in [5, 5.41) is -0.551. The van der Waals surface area contributed by atoms with Gasteiger partial charge in [0.15, 0.2) is 11.5 Å². The highest BCUT2D eigenvalue weighted by Crippen LogP contribution is 2.39. The molecule has 0 unspecified atom stereocenters. The molecule has 3 rings (SSSR count). The van der Waals surface area contributed by atoms with Gasteiger partial charge in [-0.3, -0.25) is 14.5 Å². The molecule has 7 nitrogen and oxygen atoms in total. The first-order chi connectivity index (χ1) is 15.7. The van der Waals surface area contributed by atoms with E-state index < -0.39 is 23.2 Å². The molecule has 0 aliphatic carbocycles. The molecule has 2 aromatic rings. The molecule has 1 heterocycles. The Labute approximate surface area is 203 Å². The van der Waals surface area contributed by atoms with Crippen LogP contribution in [0.15, 0.2) is 45.8 Å². The smallest absolute Gasteiger partial charge is 0.328 e. The van der Waals surface area contributed by atoms with Crippen molar-refractivity contribution in [2.45, 2.75) is 26.5 Å². The van der Waals surface area contributed by atoms with Crippen molar-refractivity contribution in [3.05, 3.63) is 62.7 Å². The molecule has 0 bridgehead atoms. The summed E-state index contributed by atoms with van der Waals surface area (Å²) >= 11 is 4.21. The lowest BCUT2D eigenvalue weighted by molar-refractivity contribution is -0.148. The molecule has 0 saturated carbocycles. The number of benzene rings is 2. The highest BCUT2D eigenvalue weighted by Gasteiger charge is 2.41. The zero-order valence-electron chi connectivity index (χ0n) is 18.1. The van der Waals surface area contributed by atoms with Crippen molar-refractivity contribution in [3.63, 3.8) is 0 Å². The summed E-state index contributed by atoms with van der Waals surface area (Å²) in [5.74, 6) is -0.689. The maximum atomic E-state index is 13.1. The van der Waals surface area contributed by atoms with E-state index in [2.05, 4.69) is 20.7 Å². The van der Waals surface area contributed by atoms with Crippen LogP contribution >= 0.6 is 27.7 Å².